The third kappa shape index (κ3) is 15.0. The Morgan fingerprint density at radius 2 is 1.43 bits per heavy atom. The topological polar surface area (TPSA) is 112 Å². The molecule has 40 heavy (non-hydrogen) atoms. The maximum Gasteiger partial charge on any atom is 0.475 e. The molecule has 9 nitrogen and oxygen atoms in total. The van der Waals surface area contributed by atoms with Gasteiger partial charge in [-0.05, 0) is 110 Å². The number of carbonyl (C=O) groups excluding carboxylic acids is 2. The summed E-state index contributed by atoms with van der Waals surface area (Å²) in [4.78, 5) is 25.9. The maximum atomic E-state index is 13.5. The second-order valence-corrected chi connectivity index (χ2v) is 12.8. The van der Waals surface area contributed by atoms with Crippen molar-refractivity contribution in [2.24, 2.45) is 0 Å². The fourth-order valence-electron chi connectivity index (χ4n) is 2.69. The summed E-state index contributed by atoms with van der Waals surface area (Å²) in [6.07, 6.45) is 4.17. The maximum absolute atomic E-state index is 13.5. The van der Waals surface area contributed by atoms with Gasteiger partial charge in [0.1, 0.15) is 11.6 Å². The lowest BCUT2D eigenvalue weighted by molar-refractivity contribution is -0.119. The summed E-state index contributed by atoms with van der Waals surface area (Å²) >= 11 is 0. The fraction of sp³-hybridized carbons (Fsp3) is 0.467. The van der Waals surface area contributed by atoms with E-state index < -0.39 is 49.3 Å². The van der Waals surface area contributed by atoms with Crippen molar-refractivity contribution < 1.29 is 32.5 Å². The van der Waals surface area contributed by atoms with Crippen LogP contribution in [0.15, 0.2) is 24.3 Å². The molecule has 0 aliphatic rings. The number of terminal acetylenes is 1. The summed E-state index contributed by atoms with van der Waals surface area (Å²) in [7, 11) is -4.19. The molecule has 0 heterocycles. The minimum atomic E-state index is -4.19. The van der Waals surface area contributed by atoms with Gasteiger partial charge in [0.05, 0.1) is 23.5 Å². The molecular formula is C30H37N2O7P. The van der Waals surface area contributed by atoms with Crippen molar-refractivity contribution in [2.45, 2.75) is 85.2 Å². The van der Waals surface area contributed by atoms with Crippen molar-refractivity contribution in [1.82, 2.24) is 5.32 Å². The number of benzene rings is 1. The number of nitrogens with one attached hydrogen (secondary N) is 2. The molecule has 1 aromatic carbocycles. The molecule has 0 aromatic heterocycles. The Labute approximate surface area is 238 Å². The molecule has 1 rings (SSSR count). The van der Waals surface area contributed by atoms with Crippen molar-refractivity contribution >= 4 is 25.5 Å². The van der Waals surface area contributed by atoms with Crippen molar-refractivity contribution in [3.05, 3.63) is 29.8 Å². The summed E-state index contributed by atoms with van der Waals surface area (Å²) in [5.41, 5.74) is -1.84. The Kier molecular flexibility index (Phi) is 12.6. The van der Waals surface area contributed by atoms with Crippen LogP contribution in [0.4, 0.5) is 10.5 Å². The zero-order valence-corrected chi connectivity index (χ0v) is 25.4. The normalized spacial score (nSPS) is 12.1. The molecule has 0 saturated carbocycles. The average molecular weight is 569 g/mol. The van der Waals surface area contributed by atoms with E-state index in [2.05, 4.69) is 52.1 Å². The van der Waals surface area contributed by atoms with Crippen molar-refractivity contribution in [1.29, 1.82) is 0 Å². The van der Waals surface area contributed by atoms with Gasteiger partial charge >= 0.3 is 13.9 Å². The Balaban J connectivity index is 3.28. The number of ether oxygens (including phenoxy) is 1. The first-order valence-electron chi connectivity index (χ1n) is 12.3. The first-order valence-corrected chi connectivity index (χ1v) is 13.8. The molecule has 0 unspecified atom stereocenters. The Hall–Kier alpha value is -3.69. The number of carbonyl (C=O) groups is 2. The van der Waals surface area contributed by atoms with Gasteiger partial charge in [-0.15, -0.1) is 6.42 Å². The Morgan fingerprint density at radius 1 is 0.875 bits per heavy atom. The van der Waals surface area contributed by atoms with Crippen molar-refractivity contribution in [2.75, 3.05) is 11.9 Å². The number of hydrogen-bond donors (Lipinski definition) is 2. The minimum Gasteiger partial charge on any atom is -0.444 e. The lowest BCUT2D eigenvalue weighted by Crippen LogP contribution is -2.48. The monoisotopic (exact) mass is 568 g/mol. The highest BCUT2D eigenvalue weighted by Gasteiger charge is 2.39. The van der Waals surface area contributed by atoms with Crippen LogP contribution in [-0.4, -0.2) is 41.5 Å². The average Bonchev–Trinajstić information content (AvgIpc) is 2.76. The summed E-state index contributed by atoms with van der Waals surface area (Å²) in [6.45, 7) is 14.6. The molecule has 0 saturated heterocycles. The second-order valence-electron chi connectivity index (χ2n) is 11.3. The number of hydrogen-bond acceptors (Lipinski definition) is 7. The first-order chi connectivity index (χ1) is 18.3. The minimum absolute atomic E-state index is 0.340. The highest BCUT2D eigenvalue weighted by Crippen LogP contribution is 2.55. The standard InChI is InChI=1S/C30H37N2O7P/c1-11-12-13-14-15-16-19-23-20-17-18-21-24(23)31-26(33)25(32-27(34)37-28(2,3)4)22-36-40(35,38-29(5,6)7)39-30(8,9)10/h1,17-18,20-21,25H,22H2,2-10H3,(H,31,33)(H,32,34)/t25-/m1/s1. The zero-order valence-electron chi connectivity index (χ0n) is 24.5. The van der Waals surface area contributed by atoms with E-state index in [1.165, 1.54) is 0 Å². The van der Waals surface area contributed by atoms with Gasteiger partial charge in [0.2, 0.25) is 5.91 Å². The van der Waals surface area contributed by atoms with Gasteiger partial charge in [-0.2, -0.15) is 0 Å². The van der Waals surface area contributed by atoms with Crippen LogP contribution in [0, 0.1) is 47.9 Å². The number of anilines is 1. The lowest BCUT2D eigenvalue weighted by atomic mass is 10.1. The van der Waals surface area contributed by atoms with Gasteiger partial charge in [-0.1, -0.05) is 18.1 Å². The molecule has 1 aromatic rings. The van der Waals surface area contributed by atoms with Crippen LogP contribution in [0.1, 0.15) is 67.9 Å². The second kappa shape index (κ2) is 14.6. The summed E-state index contributed by atoms with van der Waals surface area (Å²) < 4.78 is 35.6. The molecular weight excluding hydrogens is 531 g/mol. The van der Waals surface area contributed by atoms with Crippen LogP contribution in [0.25, 0.3) is 0 Å². The predicted molar refractivity (Wildman–Crippen MR) is 155 cm³/mol. The number of phosphoric acid groups is 1. The van der Waals surface area contributed by atoms with E-state index in [0.717, 1.165) is 0 Å². The van der Waals surface area contributed by atoms with E-state index >= 15 is 0 Å². The van der Waals surface area contributed by atoms with E-state index in [9.17, 15) is 14.2 Å². The summed E-state index contributed by atoms with van der Waals surface area (Å²) in [5.74, 6) is 16.8. The van der Waals surface area contributed by atoms with Gasteiger partial charge in [0.15, 0.2) is 0 Å². The van der Waals surface area contributed by atoms with Gasteiger partial charge in [-0.3, -0.25) is 18.4 Å². The van der Waals surface area contributed by atoms with Crippen LogP contribution < -0.4 is 10.6 Å². The smallest absolute Gasteiger partial charge is 0.444 e. The molecule has 0 bridgehead atoms. The van der Waals surface area contributed by atoms with Gasteiger partial charge in [-0.25, -0.2) is 9.36 Å². The molecule has 0 aliphatic heterocycles. The van der Waals surface area contributed by atoms with E-state index in [1.54, 1.807) is 86.6 Å². The Bertz CT molecular complexity index is 1320. The molecule has 0 radical (unpaired) electrons. The lowest BCUT2D eigenvalue weighted by Gasteiger charge is -2.31. The van der Waals surface area contributed by atoms with Crippen LogP contribution in [0.2, 0.25) is 0 Å². The van der Waals surface area contributed by atoms with Gasteiger partial charge in [0.25, 0.3) is 0 Å². The molecule has 214 valence electrons. The largest absolute Gasteiger partial charge is 0.475 e. The van der Waals surface area contributed by atoms with Crippen LogP contribution in [-0.2, 0) is 27.7 Å². The summed E-state index contributed by atoms with van der Waals surface area (Å²) in [6, 6.07) is 5.37. The van der Waals surface area contributed by atoms with Crippen LogP contribution >= 0.6 is 7.82 Å². The zero-order chi connectivity index (χ0) is 30.6. The Morgan fingerprint density at radius 3 is 1.98 bits per heavy atom. The highest BCUT2D eigenvalue weighted by molar-refractivity contribution is 7.48. The van der Waals surface area contributed by atoms with E-state index in [1.807, 2.05) is 0 Å². The number of rotatable bonds is 8. The fourth-order valence-corrected chi connectivity index (χ4v) is 4.51. The van der Waals surface area contributed by atoms with Crippen molar-refractivity contribution in [3.8, 4) is 47.9 Å². The molecule has 2 amide bonds. The predicted octanol–water partition coefficient (Wildman–Crippen LogP) is 5.26. The molecule has 1 atom stereocenters. The van der Waals surface area contributed by atoms with Gasteiger partial charge < -0.3 is 15.4 Å². The van der Waals surface area contributed by atoms with Crippen molar-refractivity contribution in [3.63, 3.8) is 0 Å². The number of amides is 2. The summed E-state index contributed by atoms with van der Waals surface area (Å²) in [5, 5.41) is 5.17. The quantitative estimate of drug-likeness (QED) is 0.325. The highest BCUT2D eigenvalue weighted by atomic mass is 31.2. The number of para-hydroxylation sites is 1. The third-order valence-electron chi connectivity index (χ3n) is 3.88. The molecule has 0 aliphatic carbocycles. The molecule has 2 N–H and O–H groups in total. The number of alkyl carbamates (subject to hydrolysis) is 1. The van der Waals surface area contributed by atoms with E-state index in [0.29, 0.717) is 11.3 Å². The third-order valence-corrected chi connectivity index (χ3v) is 5.89. The van der Waals surface area contributed by atoms with Crippen LogP contribution in [0.5, 0.6) is 0 Å². The SMILES string of the molecule is C#CC#CC#CC#Cc1ccccc1NC(=O)[C@@H](COP(=O)(OC(C)(C)C)OC(C)(C)C)NC(=O)OC(C)(C)C. The molecule has 0 spiro atoms. The molecule has 10 heteroatoms. The number of phosphoric ester groups is 1. The molecule has 0 fully saturated rings. The van der Waals surface area contributed by atoms with E-state index in [-0.39, 0.29) is 0 Å². The van der Waals surface area contributed by atoms with E-state index in [4.69, 9.17) is 24.7 Å². The van der Waals surface area contributed by atoms with Gasteiger partial charge in [0, 0.05) is 5.56 Å². The van der Waals surface area contributed by atoms with Crippen LogP contribution in [0.3, 0.4) is 0 Å². The first kappa shape index (κ1) is 34.3.